The summed E-state index contributed by atoms with van der Waals surface area (Å²) >= 11 is 0. The van der Waals surface area contributed by atoms with E-state index in [9.17, 15) is 4.79 Å². The monoisotopic (exact) mass is 413 g/mol. The molecule has 1 saturated carbocycles. The number of nitrogens with one attached hydrogen (secondary N) is 2. The largest absolute Gasteiger partial charge is 0.456 e. The number of para-hydroxylation sites is 1. The Bertz CT molecular complexity index is 1190. The first-order chi connectivity index (χ1) is 15.2. The van der Waals surface area contributed by atoms with Crippen LogP contribution < -0.4 is 10.6 Å². The first kappa shape index (κ1) is 19.6. The zero-order chi connectivity index (χ0) is 21.2. The summed E-state index contributed by atoms with van der Waals surface area (Å²) in [5.74, 6) is 1.55. The van der Waals surface area contributed by atoms with E-state index in [0.29, 0.717) is 12.0 Å². The summed E-state index contributed by atoms with van der Waals surface area (Å²) in [5, 5.41) is 10.0. The molecule has 0 aliphatic heterocycles. The van der Waals surface area contributed by atoms with Crippen molar-refractivity contribution in [3.8, 4) is 11.3 Å². The van der Waals surface area contributed by atoms with Crippen LogP contribution in [0.5, 0.6) is 0 Å². The molecule has 0 atom stereocenters. The number of benzene rings is 2. The molecular weight excluding hydrogens is 386 g/mol. The predicted molar refractivity (Wildman–Crippen MR) is 125 cm³/mol. The maximum absolute atomic E-state index is 11.3. The van der Waals surface area contributed by atoms with Gasteiger partial charge >= 0.3 is 0 Å². The first-order valence-corrected chi connectivity index (χ1v) is 11.0. The maximum atomic E-state index is 11.3. The number of amides is 1. The molecule has 0 saturated heterocycles. The number of nitrogens with zero attached hydrogens (tertiary/aromatic N) is 1. The highest BCUT2D eigenvalue weighted by atomic mass is 16.3. The molecule has 1 fully saturated rings. The van der Waals surface area contributed by atoms with E-state index < -0.39 is 0 Å². The van der Waals surface area contributed by atoms with E-state index in [0.717, 1.165) is 71.0 Å². The van der Waals surface area contributed by atoms with Crippen molar-refractivity contribution in [1.82, 2.24) is 10.3 Å². The third kappa shape index (κ3) is 4.26. The molecule has 2 N–H and O–H groups in total. The molecular formula is C26H27N3O2. The molecule has 2 heterocycles. The van der Waals surface area contributed by atoms with Crippen molar-refractivity contribution in [2.75, 3.05) is 11.9 Å². The van der Waals surface area contributed by atoms with E-state index in [1.165, 1.54) is 0 Å². The Morgan fingerprint density at radius 2 is 1.87 bits per heavy atom. The summed E-state index contributed by atoms with van der Waals surface area (Å²) in [7, 11) is 0. The molecule has 158 valence electrons. The molecule has 5 heteroatoms. The van der Waals surface area contributed by atoms with Gasteiger partial charge in [-0.25, -0.2) is 0 Å². The highest BCUT2D eigenvalue weighted by Gasteiger charge is 2.21. The number of carbonyl (C=O) groups is 1. The number of aromatic nitrogens is 1. The lowest BCUT2D eigenvalue weighted by molar-refractivity contribution is -0.119. The van der Waals surface area contributed by atoms with Gasteiger partial charge in [0.25, 0.3) is 0 Å². The van der Waals surface area contributed by atoms with Crippen LogP contribution in [0.2, 0.25) is 0 Å². The van der Waals surface area contributed by atoms with Gasteiger partial charge in [0.05, 0.1) is 0 Å². The second-order valence-electron chi connectivity index (χ2n) is 8.57. The SMILES string of the molecule is CC(=O)N[C@H]1CC[C@H](CNc2ccc3cncc(-c4cc5ccccc5o4)c3c2)CC1. The van der Waals surface area contributed by atoms with Gasteiger partial charge in [-0.3, -0.25) is 9.78 Å². The van der Waals surface area contributed by atoms with Crippen LogP contribution in [0.1, 0.15) is 32.6 Å². The third-order valence-corrected chi connectivity index (χ3v) is 6.30. The van der Waals surface area contributed by atoms with Crippen LogP contribution in [0, 0.1) is 5.92 Å². The lowest BCUT2D eigenvalue weighted by Crippen LogP contribution is -2.37. The summed E-state index contributed by atoms with van der Waals surface area (Å²) in [4.78, 5) is 15.7. The van der Waals surface area contributed by atoms with Crippen molar-refractivity contribution in [3.05, 3.63) is 60.9 Å². The van der Waals surface area contributed by atoms with Gasteiger partial charge < -0.3 is 15.1 Å². The number of fused-ring (bicyclic) bond motifs is 2. The molecule has 5 nitrogen and oxygen atoms in total. The zero-order valence-electron chi connectivity index (χ0n) is 17.7. The minimum atomic E-state index is 0.0764. The van der Waals surface area contributed by atoms with Gasteiger partial charge in [-0.05, 0) is 61.3 Å². The average molecular weight is 414 g/mol. The molecule has 0 radical (unpaired) electrons. The number of carbonyl (C=O) groups excluding carboxylic acids is 1. The molecule has 2 aromatic carbocycles. The Labute approximate surface area is 181 Å². The molecule has 31 heavy (non-hydrogen) atoms. The Balaban J connectivity index is 1.33. The fraction of sp³-hybridized carbons (Fsp3) is 0.308. The standard InChI is InChI=1S/C26H27N3O2/c1-17(30)29-21-9-6-18(7-10-21)14-28-22-11-8-20-15-27-16-24(23(20)13-22)26-12-19-4-2-3-5-25(19)31-26/h2-5,8,11-13,15-16,18,21,28H,6-7,9-10,14H2,1H3,(H,29,30)/t18-,21-. The van der Waals surface area contributed by atoms with Crippen LogP contribution in [0.3, 0.4) is 0 Å². The lowest BCUT2D eigenvalue weighted by Gasteiger charge is -2.29. The Hall–Kier alpha value is -3.34. The Morgan fingerprint density at radius 1 is 1.03 bits per heavy atom. The van der Waals surface area contributed by atoms with Gasteiger partial charge in [-0.2, -0.15) is 0 Å². The summed E-state index contributed by atoms with van der Waals surface area (Å²) < 4.78 is 6.10. The fourth-order valence-electron chi connectivity index (χ4n) is 4.65. The van der Waals surface area contributed by atoms with E-state index in [1.807, 2.05) is 30.6 Å². The van der Waals surface area contributed by atoms with Crippen molar-refractivity contribution in [2.45, 2.75) is 38.6 Å². The summed E-state index contributed by atoms with van der Waals surface area (Å²) in [6.45, 7) is 2.55. The van der Waals surface area contributed by atoms with Gasteiger partial charge in [0.2, 0.25) is 5.91 Å². The number of hydrogen-bond donors (Lipinski definition) is 2. The second-order valence-corrected chi connectivity index (χ2v) is 8.57. The number of anilines is 1. The Kier molecular flexibility index (Phi) is 5.33. The molecule has 2 aromatic heterocycles. The van der Waals surface area contributed by atoms with Gasteiger partial charge in [-0.1, -0.05) is 24.3 Å². The number of hydrogen-bond acceptors (Lipinski definition) is 4. The van der Waals surface area contributed by atoms with Crippen LogP contribution in [0.25, 0.3) is 33.1 Å². The maximum Gasteiger partial charge on any atom is 0.217 e. The van der Waals surface area contributed by atoms with Crippen LogP contribution in [0.15, 0.2) is 65.3 Å². The average Bonchev–Trinajstić information content (AvgIpc) is 3.22. The predicted octanol–water partition coefficient (Wildman–Crippen LogP) is 5.75. The van der Waals surface area contributed by atoms with Gasteiger partial charge in [0, 0.05) is 53.9 Å². The van der Waals surface area contributed by atoms with Crippen molar-refractivity contribution in [3.63, 3.8) is 0 Å². The van der Waals surface area contributed by atoms with Crippen molar-refractivity contribution >= 4 is 33.3 Å². The van der Waals surface area contributed by atoms with Crippen molar-refractivity contribution < 1.29 is 9.21 Å². The van der Waals surface area contributed by atoms with Crippen molar-refractivity contribution in [1.29, 1.82) is 0 Å². The quantitative estimate of drug-likeness (QED) is 0.437. The molecule has 0 bridgehead atoms. The third-order valence-electron chi connectivity index (χ3n) is 6.30. The second kappa shape index (κ2) is 8.42. The van der Waals surface area contributed by atoms with Gasteiger partial charge in [-0.15, -0.1) is 0 Å². The van der Waals surface area contributed by atoms with E-state index in [-0.39, 0.29) is 5.91 Å². The number of rotatable bonds is 5. The molecule has 0 unspecified atom stereocenters. The minimum Gasteiger partial charge on any atom is -0.456 e. The van der Waals surface area contributed by atoms with E-state index in [2.05, 4.69) is 45.9 Å². The summed E-state index contributed by atoms with van der Waals surface area (Å²) in [5.41, 5.74) is 3.01. The van der Waals surface area contributed by atoms with E-state index >= 15 is 0 Å². The summed E-state index contributed by atoms with van der Waals surface area (Å²) in [6.07, 6.45) is 8.18. The summed E-state index contributed by atoms with van der Waals surface area (Å²) in [6, 6.07) is 16.9. The number of pyridine rings is 1. The Morgan fingerprint density at radius 3 is 2.68 bits per heavy atom. The molecule has 1 aliphatic carbocycles. The van der Waals surface area contributed by atoms with Crippen LogP contribution in [-0.4, -0.2) is 23.5 Å². The molecule has 1 amide bonds. The highest BCUT2D eigenvalue weighted by molar-refractivity contribution is 5.98. The zero-order valence-corrected chi connectivity index (χ0v) is 17.7. The van der Waals surface area contributed by atoms with E-state index in [1.54, 1.807) is 6.92 Å². The van der Waals surface area contributed by atoms with Gasteiger partial charge in [0.15, 0.2) is 0 Å². The van der Waals surface area contributed by atoms with Gasteiger partial charge in [0.1, 0.15) is 11.3 Å². The molecule has 0 spiro atoms. The van der Waals surface area contributed by atoms with Crippen LogP contribution >= 0.6 is 0 Å². The molecule has 5 rings (SSSR count). The van der Waals surface area contributed by atoms with E-state index in [4.69, 9.17) is 4.42 Å². The smallest absolute Gasteiger partial charge is 0.217 e. The minimum absolute atomic E-state index is 0.0764. The lowest BCUT2D eigenvalue weighted by atomic mass is 9.86. The highest BCUT2D eigenvalue weighted by Crippen LogP contribution is 2.34. The number of furan rings is 1. The van der Waals surface area contributed by atoms with Crippen LogP contribution in [0.4, 0.5) is 5.69 Å². The van der Waals surface area contributed by atoms with Crippen molar-refractivity contribution in [2.24, 2.45) is 5.92 Å². The first-order valence-electron chi connectivity index (χ1n) is 11.0. The normalized spacial score (nSPS) is 18.9. The fourth-order valence-corrected chi connectivity index (χ4v) is 4.65. The van der Waals surface area contributed by atoms with Crippen LogP contribution in [-0.2, 0) is 4.79 Å². The topological polar surface area (TPSA) is 67.2 Å². The molecule has 1 aliphatic rings. The molecule has 4 aromatic rings.